The normalized spacial score (nSPS) is 22.6. The Labute approximate surface area is 119 Å². The van der Waals surface area contributed by atoms with Crippen LogP contribution in [-0.2, 0) is 24.3 Å². The average Bonchev–Trinajstić information content (AvgIpc) is 2.87. The minimum atomic E-state index is -3.53. The van der Waals surface area contributed by atoms with Gasteiger partial charge in [-0.05, 0) is 25.7 Å². The molecule has 0 bridgehead atoms. The highest BCUT2D eigenvalue weighted by atomic mass is 32.2. The second-order valence-corrected chi connectivity index (χ2v) is 6.95. The van der Waals surface area contributed by atoms with Crippen molar-refractivity contribution in [2.45, 2.75) is 43.8 Å². The third kappa shape index (κ3) is 4.75. The van der Waals surface area contributed by atoms with Gasteiger partial charge in [0.15, 0.2) is 0 Å². The Morgan fingerprint density at radius 3 is 2.60 bits per heavy atom. The molecule has 1 amide bonds. The zero-order valence-corrected chi connectivity index (χ0v) is 12.4. The lowest BCUT2D eigenvalue weighted by Gasteiger charge is -2.18. The maximum atomic E-state index is 12.2. The van der Waals surface area contributed by atoms with Crippen molar-refractivity contribution in [3.05, 3.63) is 0 Å². The van der Waals surface area contributed by atoms with Gasteiger partial charge in [-0.25, -0.2) is 13.1 Å². The topological polar surface area (TPSA) is 116 Å². The van der Waals surface area contributed by atoms with Gasteiger partial charge in [0, 0.05) is 13.0 Å². The van der Waals surface area contributed by atoms with Crippen molar-refractivity contribution < 1.29 is 22.7 Å². The lowest BCUT2D eigenvalue weighted by Crippen LogP contribution is -2.39. The van der Waals surface area contributed by atoms with Crippen LogP contribution in [-0.4, -0.2) is 39.2 Å². The zero-order valence-electron chi connectivity index (χ0n) is 11.6. The minimum Gasteiger partial charge on any atom is -0.469 e. The predicted molar refractivity (Wildman–Crippen MR) is 73.1 cm³/mol. The first kappa shape index (κ1) is 16.9. The van der Waals surface area contributed by atoms with Gasteiger partial charge in [0.1, 0.15) is 0 Å². The van der Waals surface area contributed by atoms with Crippen molar-refractivity contribution in [1.82, 2.24) is 4.72 Å². The number of methoxy groups -OCH3 is 1. The van der Waals surface area contributed by atoms with Crippen LogP contribution < -0.4 is 10.5 Å². The highest BCUT2D eigenvalue weighted by Gasteiger charge is 2.41. The molecule has 116 valence electrons. The summed E-state index contributed by atoms with van der Waals surface area (Å²) in [5.41, 5.74) is 5.00. The summed E-state index contributed by atoms with van der Waals surface area (Å²) in [5, 5.41) is -0.717. The van der Waals surface area contributed by atoms with Gasteiger partial charge in [-0.15, -0.1) is 0 Å². The van der Waals surface area contributed by atoms with Gasteiger partial charge >= 0.3 is 5.97 Å². The van der Waals surface area contributed by atoms with Crippen molar-refractivity contribution in [2.75, 3.05) is 13.7 Å². The molecule has 1 saturated carbocycles. The largest absolute Gasteiger partial charge is 0.469 e. The number of hydrogen-bond donors (Lipinski definition) is 2. The number of unbranched alkanes of at least 4 members (excludes halogenated alkanes) is 1. The Morgan fingerprint density at radius 1 is 1.30 bits per heavy atom. The van der Waals surface area contributed by atoms with Gasteiger partial charge in [0.2, 0.25) is 15.9 Å². The molecule has 1 rings (SSSR count). The second-order valence-electron chi connectivity index (χ2n) is 4.96. The molecule has 0 aromatic heterocycles. The number of nitrogens with two attached hydrogens (primary N) is 1. The van der Waals surface area contributed by atoms with Crippen LogP contribution in [0.1, 0.15) is 38.5 Å². The fourth-order valence-electron chi connectivity index (χ4n) is 2.46. The first-order valence-corrected chi connectivity index (χ1v) is 8.27. The number of sulfonamides is 1. The summed E-state index contributed by atoms with van der Waals surface area (Å²) in [5.74, 6) is -1.44. The van der Waals surface area contributed by atoms with Crippen molar-refractivity contribution >= 4 is 21.9 Å². The molecule has 0 saturated heterocycles. The highest BCUT2D eigenvalue weighted by molar-refractivity contribution is 7.90. The molecule has 2 unspecified atom stereocenters. The standard InChI is InChI=1S/C12H22N2O5S/c1-19-12(16)9-5-4-6-10(9)20(17,18)14-8-3-2-7-11(13)15/h9-10,14H,2-8H2,1H3,(H2,13,15). The van der Waals surface area contributed by atoms with Crippen LogP contribution in [0.2, 0.25) is 0 Å². The number of carbonyl (C=O) groups is 2. The Kier molecular flexibility index (Phi) is 6.41. The maximum absolute atomic E-state index is 12.2. The zero-order chi connectivity index (χ0) is 15.2. The molecule has 3 N–H and O–H groups in total. The van der Waals surface area contributed by atoms with E-state index in [-0.39, 0.29) is 13.0 Å². The highest BCUT2D eigenvalue weighted by Crippen LogP contribution is 2.31. The van der Waals surface area contributed by atoms with E-state index in [2.05, 4.69) is 9.46 Å². The van der Waals surface area contributed by atoms with Crippen molar-refractivity contribution in [3.63, 3.8) is 0 Å². The van der Waals surface area contributed by atoms with E-state index in [0.29, 0.717) is 32.1 Å². The van der Waals surface area contributed by atoms with Crippen molar-refractivity contribution in [1.29, 1.82) is 0 Å². The van der Waals surface area contributed by atoms with Gasteiger partial charge in [-0.3, -0.25) is 9.59 Å². The molecule has 2 atom stereocenters. The number of hydrogen-bond acceptors (Lipinski definition) is 5. The molecule has 1 fully saturated rings. The molecule has 0 aromatic rings. The van der Waals surface area contributed by atoms with Crippen LogP contribution >= 0.6 is 0 Å². The summed E-state index contributed by atoms with van der Waals surface area (Å²) in [7, 11) is -2.27. The van der Waals surface area contributed by atoms with Crippen LogP contribution in [0.3, 0.4) is 0 Å². The summed E-state index contributed by atoms with van der Waals surface area (Å²) in [6.45, 7) is 0.250. The van der Waals surface area contributed by atoms with Gasteiger partial charge in [-0.1, -0.05) is 6.42 Å². The van der Waals surface area contributed by atoms with Crippen LogP contribution in [0.15, 0.2) is 0 Å². The molecule has 0 aliphatic heterocycles. The number of primary amides is 1. The predicted octanol–water partition coefficient (Wildman–Crippen LogP) is -0.0969. The monoisotopic (exact) mass is 306 g/mol. The molecule has 0 heterocycles. The van der Waals surface area contributed by atoms with Gasteiger partial charge in [0.05, 0.1) is 18.3 Å². The maximum Gasteiger partial charge on any atom is 0.310 e. The third-order valence-electron chi connectivity index (χ3n) is 3.51. The summed E-state index contributed by atoms with van der Waals surface area (Å²) < 4.78 is 31.4. The number of esters is 1. The van der Waals surface area contributed by atoms with E-state index in [9.17, 15) is 18.0 Å². The van der Waals surface area contributed by atoms with Crippen LogP contribution in [0.25, 0.3) is 0 Å². The molecule has 0 spiro atoms. The van der Waals surface area contributed by atoms with E-state index < -0.39 is 33.1 Å². The average molecular weight is 306 g/mol. The minimum absolute atomic E-state index is 0.246. The van der Waals surface area contributed by atoms with E-state index in [1.54, 1.807) is 0 Å². The summed E-state index contributed by atoms with van der Waals surface area (Å²) in [6.07, 6.45) is 3.04. The third-order valence-corrected chi connectivity index (χ3v) is 5.48. The van der Waals surface area contributed by atoms with E-state index in [1.807, 2.05) is 0 Å². The number of nitrogens with one attached hydrogen (secondary N) is 1. The second kappa shape index (κ2) is 7.58. The molecular weight excluding hydrogens is 284 g/mol. The number of carbonyl (C=O) groups excluding carboxylic acids is 2. The Morgan fingerprint density at radius 2 is 2.00 bits per heavy atom. The van der Waals surface area contributed by atoms with E-state index in [1.165, 1.54) is 7.11 Å². The molecular formula is C12H22N2O5S. The number of amides is 1. The van der Waals surface area contributed by atoms with Crippen molar-refractivity contribution in [2.24, 2.45) is 11.7 Å². The van der Waals surface area contributed by atoms with Crippen molar-refractivity contribution in [3.8, 4) is 0 Å². The van der Waals surface area contributed by atoms with E-state index >= 15 is 0 Å². The Hall–Kier alpha value is -1.15. The molecule has 0 radical (unpaired) electrons. The number of rotatable bonds is 8. The van der Waals surface area contributed by atoms with Gasteiger partial charge < -0.3 is 10.5 Å². The smallest absolute Gasteiger partial charge is 0.310 e. The van der Waals surface area contributed by atoms with Gasteiger partial charge in [0.25, 0.3) is 0 Å². The molecule has 7 nitrogen and oxygen atoms in total. The lowest BCUT2D eigenvalue weighted by atomic mass is 10.1. The fourth-order valence-corrected chi connectivity index (χ4v) is 4.26. The first-order valence-electron chi connectivity index (χ1n) is 6.73. The van der Waals surface area contributed by atoms with E-state index in [0.717, 1.165) is 0 Å². The number of ether oxygens (including phenoxy) is 1. The Bertz CT molecular complexity index is 449. The summed E-state index contributed by atoms with van der Waals surface area (Å²) >= 11 is 0. The van der Waals surface area contributed by atoms with Crippen LogP contribution in [0, 0.1) is 5.92 Å². The quantitative estimate of drug-likeness (QED) is 0.480. The lowest BCUT2D eigenvalue weighted by molar-refractivity contribution is -0.145. The molecule has 0 aromatic carbocycles. The fraction of sp³-hybridized carbons (Fsp3) is 0.833. The molecule has 1 aliphatic rings. The molecule has 20 heavy (non-hydrogen) atoms. The molecule has 1 aliphatic carbocycles. The molecule has 8 heteroatoms. The van der Waals surface area contributed by atoms with Gasteiger partial charge in [-0.2, -0.15) is 0 Å². The summed E-state index contributed by atoms with van der Waals surface area (Å²) in [4.78, 5) is 22.1. The SMILES string of the molecule is COC(=O)C1CCCC1S(=O)(=O)NCCCCC(N)=O. The van der Waals surface area contributed by atoms with Crippen LogP contribution in [0.4, 0.5) is 0 Å². The van der Waals surface area contributed by atoms with Crippen LogP contribution in [0.5, 0.6) is 0 Å². The summed E-state index contributed by atoms with van der Waals surface area (Å²) in [6, 6.07) is 0. The Balaban J connectivity index is 2.47. The first-order chi connectivity index (χ1) is 9.38. The van der Waals surface area contributed by atoms with E-state index in [4.69, 9.17) is 5.73 Å².